The zero-order valence-electron chi connectivity index (χ0n) is 17.0. The molecule has 2 aromatic carbocycles. The minimum absolute atomic E-state index is 0.0938. The van der Waals surface area contributed by atoms with Crippen LogP contribution in [-0.2, 0) is 10.0 Å². The van der Waals surface area contributed by atoms with Crippen LogP contribution in [0.25, 0.3) is 0 Å². The smallest absolute Gasteiger partial charge is 0.269 e. The van der Waals surface area contributed by atoms with E-state index in [1.165, 1.54) is 48.9 Å². The van der Waals surface area contributed by atoms with Crippen molar-refractivity contribution in [1.82, 2.24) is 16.2 Å². The molecule has 1 saturated carbocycles. The molecule has 2 unspecified atom stereocenters. The van der Waals surface area contributed by atoms with Crippen molar-refractivity contribution in [2.75, 3.05) is 4.72 Å². The summed E-state index contributed by atoms with van der Waals surface area (Å²) in [6.07, 6.45) is 4.55. The summed E-state index contributed by atoms with van der Waals surface area (Å²) in [6, 6.07) is 11.0. The standard InChI is InChI=1S/C21H25FN4O3S2/c1-14-6-2-4-8-18(14)23-21(30)25-24-20(27)15-10-12-16(13-11-15)31(28,29)26-19-9-5-3-7-17(19)22/h3,5,7,9-14,18,26H,2,4,6,8H2,1H3,(H,24,27)(H2,23,25,30). The van der Waals surface area contributed by atoms with E-state index in [1.807, 2.05) is 0 Å². The molecule has 2 aromatic rings. The van der Waals surface area contributed by atoms with Crippen LogP contribution < -0.4 is 20.9 Å². The molecule has 0 bridgehead atoms. The summed E-state index contributed by atoms with van der Waals surface area (Å²) in [5.41, 5.74) is 5.27. The van der Waals surface area contributed by atoms with E-state index in [4.69, 9.17) is 12.2 Å². The molecule has 0 aromatic heterocycles. The Morgan fingerprint density at radius 1 is 1.03 bits per heavy atom. The van der Waals surface area contributed by atoms with Crippen LogP contribution in [0, 0.1) is 11.7 Å². The van der Waals surface area contributed by atoms with Gasteiger partial charge in [-0.3, -0.25) is 20.4 Å². The third-order valence-electron chi connectivity index (χ3n) is 5.26. The minimum atomic E-state index is -3.99. The van der Waals surface area contributed by atoms with E-state index in [9.17, 15) is 17.6 Å². The second-order valence-corrected chi connectivity index (χ2v) is 9.62. The average molecular weight is 465 g/mol. The molecule has 1 fully saturated rings. The Kier molecular flexibility index (Phi) is 7.45. The molecule has 1 aliphatic carbocycles. The van der Waals surface area contributed by atoms with Gasteiger partial charge in [-0.05, 0) is 67.4 Å². The summed E-state index contributed by atoms with van der Waals surface area (Å²) in [7, 11) is -3.99. The van der Waals surface area contributed by atoms with Gasteiger partial charge in [0.2, 0.25) is 0 Å². The van der Waals surface area contributed by atoms with Crippen molar-refractivity contribution in [2.45, 2.75) is 43.5 Å². The molecule has 7 nitrogen and oxygen atoms in total. The normalized spacial score (nSPS) is 18.6. The number of hydrogen-bond donors (Lipinski definition) is 4. The molecule has 3 rings (SSSR count). The van der Waals surface area contributed by atoms with E-state index in [2.05, 4.69) is 27.8 Å². The van der Waals surface area contributed by atoms with Gasteiger partial charge in [0.25, 0.3) is 15.9 Å². The third kappa shape index (κ3) is 6.14. The maximum absolute atomic E-state index is 13.7. The lowest BCUT2D eigenvalue weighted by molar-refractivity contribution is 0.0943. The summed E-state index contributed by atoms with van der Waals surface area (Å²) in [5, 5.41) is 3.55. The van der Waals surface area contributed by atoms with Gasteiger partial charge in [0.05, 0.1) is 10.6 Å². The number of rotatable bonds is 5. The molecule has 1 amide bonds. The number of anilines is 1. The number of para-hydroxylation sites is 1. The van der Waals surface area contributed by atoms with Crippen LogP contribution >= 0.6 is 12.2 Å². The maximum Gasteiger partial charge on any atom is 0.269 e. The molecule has 1 aliphatic rings. The molecule has 0 saturated heterocycles. The quantitative estimate of drug-likeness (QED) is 0.400. The molecular formula is C21H25FN4O3S2. The minimum Gasteiger partial charge on any atom is -0.358 e. The number of nitrogens with one attached hydrogen (secondary N) is 4. The van der Waals surface area contributed by atoms with Gasteiger partial charge in [-0.2, -0.15) is 0 Å². The van der Waals surface area contributed by atoms with Crippen LogP contribution in [0.5, 0.6) is 0 Å². The van der Waals surface area contributed by atoms with Gasteiger partial charge in [-0.15, -0.1) is 0 Å². The SMILES string of the molecule is CC1CCCCC1NC(=S)NNC(=O)c1ccc(S(=O)(=O)Nc2ccccc2F)cc1. The van der Waals surface area contributed by atoms with Crippen molar-refractivity contribution < 1.29 is 17.6 Å². The van der Waals surface area contributed by atoms with E-state index < -0.39 is 21.7 Å². The lowest BCUT2D eigenvalue weighted by Crippen LogP contribution is -2.51. The number of hydrogen-bond acceptors (Lipinski definition) is 4. The van der Waals surface area contributed by atoms with Gasteiger partial charge in [-0.1, -0.05) is 31.9 Å². The van der Waals surface area contributed by atoms with Crippen LogP contribution in [-0.4, -0.2) is 25.5 Å². The molecule has 166 valence electrons. The second-order valence-electron chi connectivity index (χ2n) is 7.53. The number of carbonyl (C=O) groups is 1. The lowest BCUT2D eigenvalue weighted by atomic mass is 9.86. The number of hydrazine groups is 1. The predicted molar refractivity (Wildman–Crippen MR) is 121 cm³/mol. The summed E-state index contributed by atoms with van der Waals surface area (Å²) in [6.45, 7) is 2.18. The number of amides is 1. The van der Waals surface area contributed by atoms with E-state index in [-0.39, 0.29) is 22.2 Å². The first-order valence-corrected chi connectivity index (χ1v) is 11.9. The van der Waals surface area contributed by atoms with Crippen molar-refractivity contribution in [3.8, 4) is 0 Å². The first-order valence-electron chi connectivity index (χ1n) is 10.0. The topological polar surface area (TPSA) is 99.3 Å². The zero-order chi connectivity index (χ0) is 22.4. The van der Waals surface area contributed by atoms with E-state index in [0.717, 1.165) is 25.3 Å². The monoisotopic (exact) mass is 464 g/mol. The molecule has 0 heterocycles. The van der Waals surface area contributed by atoms with Gasteiger partial charge < -0.3 is 5.32 Å². The first-order chi connectivity index (χ1) is 14.8. The van der Waals surface area contributed by atoms with Crippen molar-refractivity contribution in [1.29, 1.82) is 0 Å². The lowest BCUT2D eigenvalue weighted by Gasteiger charge is -2.30. The van der Waals surface area contributed by atoms with E-state index in [1.54, 1.807) is 0 Å². The molecule has 10 heteroatoms. The van der Waals surface area contributed by atoms with Gasteiger partial charge in [0.1, 0.15) is 5.82 Å². The van der Waals surface area contributed by atoms with Crippen molar-refractivity contribution >= 4 is 38.9 Å². The molecule has 2 atom stereocenters. The highest BCUT2D eigenvalue weighted by atomic mass is 32.2. The Morgan fingerprint density at radius 2 is 1.71 bits per heavy atom. The number of halogens is 1. The predicted octanol–water partition coefficient (Wildman–Crippen LogP) is 3.31. The summed E-state index contributed by atoms with van der Waals surface area (Å²) < 4.78 is 40.8. The van der Waals surface area contributed by atoms with Crippen LogP contribution in [0.1, 0.15) is 43.0 Å². The Labute approximate surface area is 186 Å². The maximum atomic E-state index is 13.7. The summed E-state index contributed by atoms with van der Waals surface area (Å²) in [5.74, 6) is -0.635. The fraction of sp³-hybridized carbons (Fsp3) is 0.333. The van der Waals surface area contributed by atoms with Crippen LogP contribution in [0.4, 0.5) is 10.1 Å². The number of thiocarbonyl (C=S) groups is 1. The Balaban J connectivity index is 1.56. The van der Waals surface area contributed by atoms with Gasteiger partial charge in [0, 0.05) is 11.6 Å². The van der Waals surface area contributed by atoms with Crippen LogP contribution in [0.2, 0.25) is 0 Å². The number of sulfonamides is 1. The fourth-order valence-corrected chi connectivity index (χ4v) is 4.72. The van der Waals surface area contributed by atoms with Crippen molar-refractivity contribution in [3.05, 3.63) is 59.9 Å². The molecule has 31 heavy (non-hydrogen) atoms. The Hall–Kier alpha value is -2.72. The summed E-state index contributed by atoms with van der Waals surface area (Å²) in [4.78, 5) is 12.2. The first kappa shape index (κ1) is 23.0. The van der Waals surface area contributed by atoms with Crippen LogP contribution in [0.15, 0.2) is 53.4 Å². The second kappa shape index (κ2) is 10.1. The highest BCUT2D eigenvalue weighted by Crippen LogP contribution is 2.23. The zero-order valence-corrected chi connectivity index (χ0v) is 18.7. The average Bonchev–Trinajstić information content (AvgIpc) is 2.75. The van der Waals surface area contributed by atoms with Crippen LogP contribution in [0.3, 0.4) is 0 Å². The highest BCUT2D eigenvalue weighted by Gasteiger charge is 2.22. The molecule has 0 aliphatic heterocycles. The number of benzene rings is 2. The van der Waals surface area contributed by atoms with Crippen molar-refractivity contribution in [3.63, 3.8) is 0 Å². The third-order valence-corrected chi connectivity index (χ3v) is 6.86. The fourth-order valence-electron chi connectivity index (χ4n) is 3.45. The Bertz CT molecular complexity index is 1040. The highest BCUT2D eigenvalue weighted by molar-refractivity contribution is 7.92. The van der Waals surface area contributed by atoms with Gasteiger partial charge >= 0.3 is 0 Å². The molecule has 0 radical (unpaired) electrons. The van der Waals surface area contributed by atoms with E-state index >= 15 is 0 Å². The van der Waals surface area contributed by atoms with E-state index in [0.29, 0.717) is 11.0 Å². The van der Waals surface area contributed by atoms with Gasteiger partial charge in [0.15, 0.2) is 5.11 Å². The largest absolute Gasteiger partial charge is 0.358 e. The number of carbonyl (C=O) groups excluding carboxylic acids is 1. The molecule has 0 spiro atoms. The summed E-state index contributed by atoms with van der Waals surface area (Å²) >= 11 is 5.24. The van der Waals surface area contributed by atoms with Gasteiger partial charge in [-0.25, -0.2) is 12.8 Å². The Morgan fingerprint density at radius 3 is 2.39 bits per heavy atom. The molecular weight excluding hydrogens is 439 g/mol. The molecule has 4 N–H and O–H groups in total. The van der Waals surface area contributed by atoms with Crippen molar-refractivity contribution in [2.24, 2.45) is 5.92 Å².